The van der Waals surface area contributed by atoms with Gasteiger partial charge in [-0.2, -0.15) is 0 Å². The highest BCUT2D eigenvalue weighted by atomic mass is 19.2. The van der Waals surface area contributed by atoms with Crippen LogP contribution in [0.4, 0.5) is 29.3 Å². The van der Waals surface area contributed by atoms with Crippen molar-refractivity contribution in [3.05, 3.63) is 83.2 Å². The molecule has 4 rings (SSSR count). The van der Waals surface area contributed by atoms with Gasteiger partial charge in [-0.3, -0.25) is 4.79 Å². The maximum absolute atomic E-state index is 14.8. The van der Waals surface area contributed by atoms with Gasteiger partial charge < -0.3 is 20.6 Å². The van der Waals surface area contributed by atoms with Crippen molar-refractivity contribution in [3.63, 3.8) is 0 Å². The lowest BCUT2D eigenvalue weighted by atomic mass is 10.00. The van der Waals surface area contributed by atoms with Crippen molar-refractivity contribution >= 4 is 29.3 Å². The van der Waals surface area contributed by atoms with E-state index in [0.29, 0.717) is 22.3 Å². The summed E-state index contributed by atoms with van der Waals surface area (Å²) in [5.74, 6) is -4.72. The van der Waals surface area contributed by atoms with E-state index in [0.717, 1.165) is 18.2 Å². The van der Waals surface area contributed by atoms with E-state index in [9.17, 15) is 32.7 Å². The minimum Gasteiger partial charge on any atom is -0.480 e. The molecule has 1 heterocycles. The second kappa shape index (κ2) is 9.73. The van der Waals surface area contributed by atoms with Crippen LogP contribution < -0.4 is 10.6 Å². The normalized spacial score (nSPS) is 13.5. The minimum atomic E-state index is -1.14. The molecule has 10 heteroatoms. The molecule has 0 aromatic heterocycles. The van der Waals surface area contributed by atoms with Crippen LogP contribution in [-0.2, 0) is 11.3 Å². The van der Waals surface area contributed by atoms with E-state index in [1.54, 1.807) is 38.1 Å². The van der Waals surface area contributed by atoms with Gasteiger partial charge in [-0.25, -0.2) is 22.8 Å². The molecule has 3 aromatic rings. The van der Waals surface area contributed by atoms with E-state index in [2.05, 4.69) is 10.6 Å². The number of urea groups is 1. The van der Waals surface area contributed by atoms with Gasteiger partial charge in [-0.05, 0) is 52.9 Å². The van der Waals surface area contributed by atoms with E-state index in [-0.39, 0.29) is 23.8 Å². The van der Waals surface area contributed by atoms with Crippen molar-refractivity contribution in [1.29, 1.82) is 0 Å². The standard InChI is InChI=1S/C26H22F3N3O4/c1-13(2)23(25(34)35)32-12-16-4-3-14(9-18(16)24(32)33)15-5-8-22(21(29)10-15)31-26(36)30-17-6-7-19(27)20(28)11-17/h3-11,13,23H,12H2,1-2H3,(H,34,35)(H2,30,31,36)/t23-/m0/s1. The number of anilines is 2. The third-order valence-electron chi connectivity index (χ3n) is 5.89. The van der Waals surface area contributed by atoms with E-state index in [1.807, 2.05) is 0 Å². The summed E-state index contributed by atoms with van der Waals surface area (Å²) in [7, 11) is 0. The van der Waals surface area contributed by atoms with Gasteiger partial charge >= 0.3 is 12.0 Å². The van der Waals surface area contributed by atoms with Gasteiger partial charge in [0.05, 0.1) is 5.69 Å². The fourth-order valence-corrected chi connectivity index (χ4v) is 4.16. The first kappa shape index (κ1) is 24.8. The highest BCUT2D eigenvalue weighted by Gasteiger charge is 2.38. The number of carbonyl (C=O) groups is 3. The van der Waals surface area contributed by atoms with Gasteiger partial charge in [0.2, 0.25) is 0 Å². The number of fused-ring (bicyclic) bond motifs is 1. The van der Waals surface area contributed by atoms with Crippen molar-refractivity contribution in [1.82, 2.24) is 4.90 Å². The maximum Gasteiger partial charge on any atom is 0.326 e. The number of hydrogen-bond donors (Lipinski definition) is 3. The number of nitrogens with one attached hydrogen (secondary N) is 2. The van der Waals surface area contributed by atoms with Crippen LogP contribution >= 0.6 is 0 Å². The predicted molar refractivity (Wildman–Crippen MR) is 127 cm³/mol. The van der Waals surface area contributed by atoms with Crippen molar-refractivity contribution in [3.8, 4) is 11.1 Å². The number of hydrogen-bond acceptors (Lipinski definition) is 3. The first-order chi connectivity index (χ1) is 17.0. The van der Waals surface area contributed by atoms with Crippen LogP contribution in [0.3, 0.4) is 0 Å². The zero-order valence-electron chi connectivity index (χ0n) is 19.3. The van der Waals surface area contributed by atoms with E-state index in [4.69, 9.17) is 0 Å². The molecule has 3 N–H and O–H groups in total. The Bertz CT molecular complexity index is 1380. The summed E-state index contributed by atoms with van der Waals surface area (Å²) in [5.41, 5.74) is 1.85. The minimum absolute atomic E-state index is 0.0112. The molecule has 3 aromatic carbocycles. The molecule has 0 spiro atoms. The summed E-state index contributed by atoms with van der Waals surface area (Å²) in [6.45, 7) is 3.64. The van der Waals surface area contributed by atoms with Gasteiger partial charge in [0.1, 0.15) is 11.9 Å². The Labute approximate surface area is 204 Å². The summed E-state index contributed by atoms with van der Waals surface area (Å²) in [6.07, 6.45) is 0. The lowest BCUT2D eigenvalue weighted by molar-refractivity contribution is -0.144. The average Bonchev–Trinajstić information content (AvgIpc) is 3.12. The first-order valence-electron chi connectivity index (χ1n) is 11.0. The van der Waals surface area contributed by atoms with Gasteiger partial charge in [-0.15, -0.1) is 0 Å². The number of carboxylic acids is 1. The van der Waals surface area contributed by atoms with Gasteiger partial charge in [0.15, 0.2) is 11.6 Å². The molecule has 0 saturated carbocycles. The first-order valence-corrected chi connectivity index (χ1v) is 11.0. The molecule has 0 radical (unpaired) electrons. The Kier molecular flexibility index (Phi) is 6.69. The van der Waals surface area contributed by atoms with Crippen LogP contribution in [0.5, 0.6) is 0 Å². The molecule has 36 heavy (non-hydrogen) atoms. The Morgan fingerprint density at radius 3 is 2.22 bits per heavy atom. The monoisotopic (exact) mass is 497 g/mol. The number of carbonyl (C=O) groups excluding carboxylic acids is 2. The molecule has 0 aliphatic carbocycles. The number of rotatable bonds is 6. The number of halogens is 3. The van der Waals surface area contributed by atoms with Gasteiger partial charge in [-0.1, -0.05) is 32.0 Å². The smallest absolute Gasteiger partial charge is 0.326 e. The van der Waals surface area contributed by atoms with Crippen LogP contribution in [0.1, 0.15) is 29.8 Å². The highest BCUT2D eigenvalue weighted by molar-refractivity contribution is 6.02. The molecular formula is C26H22F3N3O4. The van der Waals surface area contributed by atoms with Crippen LogP contribution in [0.25, 0.3) is 11.1 Å². The fourth-order valence-electron chi connectivity index (χ4n) is 4.16. The number of aliphatic carboxylic acids is 1. The van der Waals surface area contributed by atoms with E-state index < -0.39 is 41.4 Å². The third-order valence-corrected chi connectivity index (χ3v) is 5.89. The highest BCUT2D eigenvalue weighted by Crippen LogP contribution is 2.32. The molecule has 0 unspecified atom stereocenters. The average molecular weight is 497 g/mol. The zero-order valence-corrected chi connectivity index (χ0v) is 19.3. The molecule has 1 aliphatic heterocycles. The molecule has 0 saturated heterocycles. The second-order valence-corrected chi connectivity index (χ2v) is 8.73. The number of benzene rings is 3. The molecule has 3 amide bonds. The lowest BCUT2D eigenvalue weighted by Crippen LogP contribution is -2.44. The number of carboxylic acid groups (broad SMARTS) is 1. The number of nitrogens with zero attached hydrogens (tertiary/aromatic N) is 1. The maximum atomic E-state index is 14.8. The van der Waals surface area contributed by atoms with Gasteiger partial charge in [0, 0.05) is 23.9 Å². The molecule has 186 valence electrons. The Morgan fingerprint density at radius 1 is 0.889 bits per heavy atom. The fraction of sp³-hybridized carbons (Fsp3) is 0.192. The largest absolute Gasteiger partial charge is 0.480 e. The van der Waals surface area contributed by atoms with E-state index >= 15 is 0 Å². The van der Waals surface area contributed by atoms with Crippen molar-refractivity contribution in [2.75, 3.05) is 10.6 Å². The van der Waals surface area contributed by atoms with E-state index in [1.165, 1.54) is 17.0 Å². The molecule has 1 atom stereocenters. The SMILES string of the molecule is CC(C)[C@@H](C(=O)O)N1Cc2ccc(-c3ccc(NC(=O)Nc4ccc(F)c(F)c4)c(F)c3)cc2C1=O. The topological polar surface area (TPSA) is 98.7 Å². The molecule has 0 fully saturated rings. The molecule has 0 bridgehead atoms. The molecular weight excluding hydrogens is 475 g/mol. The lowest BCUT2D eigenvalue weighted by Gasteiger charge is -2.27. The van der Waals surface area contributed by atoms with Crippen molar-refractivity contribution in [2.24, 2.45) is 5.92 Å². The van der Waals surface area contributed by atoms with Crippen molar-refractivity contribution < 1.29 is 32.7 Å². The van der Waals surface area contributed by atoms with Crippen molar-refractivity contribution in [2.45, 2.75) is 26.4 Å². The van der Waals surface area contributed by atoms with Crippen LogP contribution in [0, 0.1) is 23.4 Å². The van der Waals surface area contributed by atoms with Crippen LogP contribution in [-0.4, -0.2) is 34.0 Å². The summed E-state index contributed by atoms with van der Waals surface area (Å²) >= 11 is 0. The second-order valence-electron chi connectivity index (χ2n) is 8.73. The predicted octanol–water partition coefficient (Wildman–Crippen LogP) is 5.48. The third kappa shape index (κ3) is 4.88. The molecule has 1 aliphatic rings. The Morgan fingerprint density at radius 2 is 1.58 bits per heavy atom. The van der Waals surface area contributed by atoms with Gasteiger partial charge in [0.25, 0.3) is 5.91 Å². The number of amides is 3. The van der Waals surface area contributed by atoms with Crippen LogP contribution in [0.15, 0.2) is 54.6 Å². The summed E-state index contributed by atoms with van der Waals surface area (Å²) in [5, 5.41) is 14.1. The zero-order chi connectivity index (χ0) is 26.1. The van der Waals surface area contributed by atoms with Crippen LogP contribution in [0.2, 0.25) is 0 Å². The quantitative estimate of drug-likeness (QED) is 0.420. The Balaban J connectivity index is 1.51. The summed E-state index contributed by atoms with van der Waals surface area (Å²) in [6, 6.07) is 10.1. The Hall–Kier alpha value is -4.34. The summed E-state index contributed by atoms with van der Waals surface area (Å²) in [4.78, 5) is 38.1. The molecule has 7 nitrogen and oxygen atoms in total. The summed E-state index contributed by atoms with van der Waals surface area (Å²) < 4.78 is 41.1.